The third kappa shape index (κ3) is 3.03. The number of carbonyl (C=O) groups excluding carboxylic acids is 1. The van der Waals surface area contributed by atoms with Crippen LogP contribution in [-0.2, 0) is 0 Å². The summed E-state index contributed by atoms with van der Waals surface area (Å²) in [5.74, 6) is 0.916. The summed E-state index contributed by atoms with van der Waals surface area (Å²) >= 11 is 0. The van der Waals surface area contributed by atoms with E-state index in [0.29, 0.717) is 23.0 Å². The third-order valence-corrected chi connectivity index (χ3v) is 4.95. The molecule has 0 N–H and O–H groups in total. The first-order valence-corrected chi connectivity index (χ1v) is 8.90. The van der Waals surface area contributed by atoms with E-state index in [4.69, 9.17) is 0 Å². The maximum atomic E-state index is 13.7. The molecule has 1 aliphatic heterocycles. The molecule has 0 aliphatic carbocycles. The van der Waals surface area contributed by atoms with Crippen LogP contribution < -0.4 is 0 Å². The predicted molar refractivity (Wildman–Crippen MR) is 97.2 cm³/mol. The van der Waals surface area contributed by atoms with E-state index in [1.807, 2.05) is 34.0 Å². The number of nitrogens with zero attached hydrogens (tertiary/aromatic N) is 4. The van der Waals surface area contributed by atoms with E-state index >= 15 is 0 Å². The molecule has 1 aromatic carbocycles. The lowest BCUT2D eigenvalue weighted by atomic mass is 9.99. The number of aromatic nitrogens is 3. The van der Waals surface area contributed by atoms with Gasteiger partial charge in [0.15, 0.2) is 5.82 Å². The minimum atomic E-state index is -0.339. The van der Waals surface area contributed by atoms with Gasteiger partial charge in [-0.05, 0) is 49.1 Å². The van der Waals surface area contributed by atoms with Crippen molar-refractivity contribution in [3.8, 4) is 11.5 Å². The van der Waals surface area contributed by atoms with Gasteiger partial charge in [0.05, 0.1) is 11.9 Å². The number of hydrogen-bond donors (Lipinski definition) is 0. The summed E-state index contributed by atoms with van der Waals surface area (Å²) in [4.78, 5) is 15.0. The van der Waals surface area contributed by atoms with Crippen molar-refractivity contribution in [1.82, 2.24) is 19.2 Å². The summed E-state index contributed by atoms with van der Waals surface area (Å²) in [7, 11) is 0. The van der Waals surface area contributed by atoms with Crippen molar-refractivity contribution < 1.29 is 9.18 Å². The fourth-order valence-electron chi connectivity index (χ4n) is 3.40. The van der Waals surface area contributed by atoms with Crippen molar-refractivity contribution in [3.63, 3.8) is 0 Å². The second-order valence-electron chi connectivity index (χ2n) is 6.84. The van der Waals surface area contributed by atoms with Gasteiger partial charge in [0.25, 0.3) is 5.91 Å². The molecule has 1 amide bonds. The molecule has 1 saturated heterocycles. The summed E-state index contributed by atoms with van der Waals surface area (Å²) in [6.45, 7) is 3.74. The Morgan fingerprint density at radius 1 is 1.15 bits per heavy atom. The molecule has 2 aromatic heterocycles. The van der Waals surface area contributed by atoms with Crippen LogP contribution in [0.15, 0.2) is 55.0 Å². The highest BCUT2D eigenvalue weighted by Gasteiger charge is 2.26. The number of benzene rings is 1. The maximum Gasteiger partial charge on any atom is 0.259 e. The lowest BCUT2D eigenvalue weighted by Gasteiger charge is -2.30. The van der Waals surface area contributed by atoms with Gasteiger partial charge in [-0.2, -0.15) is 5.10 Å². The summed E-state index contributed by atoms with van der Waals surface area (Å²) < 4.78 is 17.2. The first kappa shape index (κ1) is 16.6. The second kappa shape index (κ2) is 6.78. The standard InChI is InChI=1S/C20H21FN4O/c1-15-7-11-24(12-8-15)20(26)18-14-22-25(17-6-4-5-16(21)13-17)19(18)23-9-2-3-10-23/h2-6,9-10,13-15H,7-8,11-12H2,1H3. The Morgan fingerprint density at radius 2 is 1.88 bits per heavy atom. The molecule has 134 valence electrons. The molecule has 3 heterocycles. The Hall–Kier alpha value is -2.89. The first-order chi connectivity index (χ1) is 12.6. The Morgan fingerprint density at radius 3 is 2.58 bits per heavy atom. The fraction of sp³-hybridized carbons (Fsp3) is 0.300. The number of halogens is 1. The highest BCUT2D eigenvalue weighted by Crippen LogP contribution is 2.24. The lowest BCUT2D eigenvalue weighted by Crippen LogP contribution is -2.38. The van der Waals surface area contributed by atoms with Crippen molar-refractivity contribution in [1.29, 1.82) is 0 Å². The molecule has 0 saturated carbocycles. The van der Waals surface area contributed by atoms with Crippen molar-refractivity contribution in [3.05, 3.63) is 66.4 Å². The second-order valence-corrected chi connectivity index (χ2v) is 6.84. The normalized spacial score (nSPS) is 15.4. The first-order valence-electron chi connectivity index (χ1n) is 8.90. The maximum absolute atomic E-state index is 13.7. The van der Waals surface area contributed by atoms with Gasteiger partial charge in [-0.15, -0.1) is 0 Å². The molecule has 1 aliphatic rings. The van der Waals surface area contributed by atoms with E-state index in [-0.39, 0.29) is 11.7 Å². The molecule has 3 aromatic rings. The van der Waals surface area contributed by atoms with Crippen molar-refractivity contribution in [2.75, 3.05) is 13.1 Å². The van der Waals surface area contributed by atoms with E-state index in [1.54, 1.807) is 23.0 Å². The van der Waals surface area contributed by atoms with Crippen LogP contribution in [0.3, 0.4) is 0 Å². The summed E-state index contributed by atoms with van der Waals surface area (Å²) in [5, 5.41) is 4.40. The van der Waals surface area contributed by atoms with Crippen molar-refractivity contribution in [2.45, 2.75) is 19.8 Å². The van der Waals surface area contributed by atoms with Crippen LogP contribution in [0.5, 0.6) is 0 Å². The molecule has 0 bridgehead atoms. The molecule has 0 atom stereocenters. The van der Waals surface area contributed by atoms with Crippen molar-refractivity contribution >= 4 is 5.91 Å². The smallest absolute Gasteiger partial charge is 0.259 e. The van der Waals surface area contributed by atoms with Crippen LogP contribution in [0.25, 0.3) is 11.5 Å². The van der Waals surface area contributed by atoms with Gasteiger partial charge in [0.1, 0.15) is 11.4 Å². The highest BCUT2D eigenvalue weighted by atomic mass is 19.1. The van der Waals surface area contributed by atoms with Crippen LogP contribution in [0.2, 0.25) is 0 Å². The van der Waals surface area contributed by atoms with Gasteiger partial charge in [-0.3, -0.25) is 4.79 Å². The highest BCUT2D eigenvalue weighted by molar-refractivity contribution is 5.97. The van der Waals surface area contributed by atoms with Gasteiger partial charge in [0, 0.05) is 25.5 Å². The quantitative estimate of drug-likeness (QED) is 0.722. The number of likely N-dealkylation sites (tertiary alicyclic amines) is 1. The zero-order valence-corrected chi connectivity index (χ0v) is 14.7. The number of piperidine rings is 1. The van der Waals surface area contributed by atoms with Gasteiger partial charge in [-0.1, -0.05) is 13.0 Å². The molecule has 26 heavy (non-hydrogen) atoms. The topological polar surface area (TPSA) is 43.1 Å². The summed E-state index contributed by atoms with van der Waals surface area (Å²) in [5.41, 5.74) is 1.11. The molecule has 0 unspecified atom stereocenters. The van der Waals surface area contributed by atoms with E-state index in [2.05, 4.69) is 12.0 Å². The predicted octanol–water partition coefficient (Wildman–Crippen LogP) is 3.67. The molecule has 0 spiro atoms. The Bertz CT molecular complexity index is 908. The minimum absolute atomic E-state index is 0.0248. The Kier molecular flexibility index (Phi) is 4.32. The van der Waals surface area contributed by atoms with Crippen LogP contribution in [0, 0.1) is 11.7 Å². The molecule has 6 heteroatoms. The van der Waals surface area contributed by atoms with Crippen LogP contribution >= 0.6 is 0 Å². The SMILES string of the molecule is CC1CCN(C(=O)c2cnn(-c3cccc(F)c3)c2-n2cccc2)CC1. The summed E-state index contributed by atoms with van der Waals surface area (Å²) in [6.07, 6.45) is 7.34. The van der Waals surface area contributed by atoms with Crippen LogP contribution in [0.4, 0.5) is 4.39 Å². The van der Waals surface area contributed by atoms with E-state index in [1.165, 1.54) is 12.1 Å². The molecular weight excluding hydrogens is 331 g/mol. The average Bonchev–Trinajstić information content (AvgIpc) is 3.31. The molecule has 1 fully saturated rings. The largest absolute Gasteiger partial charge is 0.338 e. The zero-order valence-electron chi connectivity index (χ0n) is 14.7. The lowest BCUT2D eigenvalue weighted by molar-refractivity contribution is 0.0697. The van der Waals surface area contributed by atoms with E-state index < -0.39 is 0 Å². The minimum Gasteiger partial charge on any atom is -0.338 e. The number of hydrogen-bond acceptors (Lipinski definition) is 2. The monoisotopic (exact) mass is 352 g/mol. The molecule has 4 rings (SSSR count). The zero-order chi connectivity index (χ0) is 18.1. The Labute approximate surface area is 151 Å². The van der Waals surface area contributed by atoms with E-state index in [9.17, 15) is 9.18 Å². The number of amides is 1. The van der Waals surface area contributed by atoms with Gasteiger partial charge in [0.2, 0.25) is 0 Å². The molecular formula is C20H21FN4O. The Balaban J connectivity index is 1.77. The van der Waals surface area contributed by atoms with E-state index in [0.717, 1.165) is 25.9 Å². The van der Waals surface area contributed by atoms with Crippen LogP contribution in [-0.4, -0.2) is 38.2 Å². The number of rotatable bonds is 3. The molecule has 5 nitrogen and oxygen atoms in total. The van der Waals surface area contributed by atoms with Gasteiger partial charge >= 0.3 is 0 Å². The van der Waals surface area contributed by atoms with Gasteiger partial charge < -0.3 is 9.47 Å². The van der Waals surface area contributed by atoms with Crippen LogP contribution in [0.1, 0.15) is 30.1 Å². The summed E-state index contributed by atoms with van der Waals surface area (Å²) in [6, 6.07) is 10.00. The van der Waals surface area contributed by atoms with Crippen molar-refractivity contribution in [2.24, 2.45) is 5.92 Å². The number of carbonyl (C=O) groups is 1. The average molecular weight is 352 g/mol. The van der Waals surface area contributed by atoms with Gasteiger partial charge in [-0.25, -0.2) is 9.07 Å². The fourth-order valence-corrected chi connectivity index (χ4v) is 3.40. The molecule has 0 radical (unpaired) electrons. The third-order valence-electron chi connectivity index (χ3n) is 4.95.